The van der Waals surface area contributed by atoms with E-state index in [1.807, 2.05) is 18.2 Å². The Kier molecular flexibility index (Phi) is 6.15. The van der Waals surface area contributed by atoms with Crippen LogP contribution in [0.3, 0.4) is 0 Å². The largest absolute Gasteiger partial charge is 0.465 e. The Morgan fingerprint density at radius 3 is 2.52 bits per heavy atom. The van der Waals surface area contributed by atoms with E-state index >= 15 is 0 Å². The molecular weight excluding hydrogens is 367 g/mol. The van der Waals surface area contributed by atoms with E-state index in [9.17, 15) is 14.3 Å². The number of carbonyl (C=O) groups is 1. The van der Waals surface area contributed by atoms with Crippen molar-refractivity contribution in [2.45, 2.75) is 59.0 Å². The summed E-state index contributed by atoms with van der Waals surface area (Å²) >= 11 is 0. The third kappa shape index (κ3) is 5.08. The Balaban J connectivity index is 1.80. The Morgan fingerprint density at radius 2 is 1.90 bits per heavy atom. The van der Waals surface area contributed by atoms with Crippen molar-refractivity contribution in [3.63, 3.8) is 0 Å². The van der Waals surface area contributed by atoms with Crippen LogP contribution in [0.2, 0.25) is 0 Å². The second-order valence-corrected chi connectivity index (χ2v) is 9.13. The molecule has 156 valence electrons. The summed E-state index contributed by atoms with van der Waals surface area (Å²) in [5, 5.41) is 13.3. The molecule has 4 nitrogen and oxygen atoms in total. The van der Waals surface area contributed by atoms with Gasteiger partial charge in [-0.25, -0.2) is 9.18 Å². The highest BCUT2D eigenvalue weighted by Crippen LogP contribution is 2.34. The lowest BCUT2D eigenvalue weighted by atomic mass is 9.79. The fourth-order valence-corrected chi connectivity index (χ4v) is 4.24. The van der Waals surface area contributed by atoms with Crippen LogP contribution < -0.4 is 5.32 Å². The van der Waals surface area contributed by atoms with Gasteiger partial charge in [-0.3, -0.25) is 0 Å². The summed E-state index contributed by atoms with van der Waals surface area (Å²) in [6.45, 7) is 8.93. The van der Waals surface area contributed by atoms with Crippen LogP contribution in [0.15, 0.2) is 42.5 Å². The molecule has 0 spiro atoms. The van der Waals surface area contributed by atoms with Crippen molar-refractivity contribution in [3.05, 3.63) is 65.0 Å². The standard InChI is InChI=1S/C24H31FN2O2/c1-16-6-5-7-21(20(16)14-17-8-10-18(25)11-9-17)26-19-12-13-27(23(28)29)22(15-19)24(2,3)4/h5-11,19,22,26H,12-15H2,1-4H3,(H,28,29). The molecule has 2 aromatic rings. The molecule has 1 amide bonds. The first-order valence-electron chi connectivity index (χ1n) is 10.2. The van der Waals surface area contributed by atoms with Gasteiger partial charge in [0, 0.05) is 24.3 Å². The molecule has 1 heterocycles. The highest BCUT2D eigenvalue weighted by molar-refractivity contribution is 5.66. The van der Waals surface area contributed by atoms with Crippen LogP contribution in [-0.4, -0.2) is 34.7 Å². The van der Waals surface area contributed by atoms with Crippen LogP contribution >= 0.6 is 0 Å². The summed E-state index contributed by atoms with van der Waals surface area (Å²) in [5.41, 5.74) is 4.41. The third-order valence-corrected chi connectivity index (χ3v) is 5.91. The number of nitrogens with zero attached hydrogens (tertiary/aromatic N) is 1. The summed E-state index contributed by atoms with van der Waals surface area (Å²) < 4.78 is 13.3. The maximum absolute atomic E-state index is 13.3. The van der Waals surface area contributed by atoms with Gasteiger partial charge in [-0.2, -0.15) is 0 Å². The zero-order valence-corrected chi connectivity index (χ0v) is 17.7. The van der Waals surface area contributed by atoms with Gasteiger partial charge in [0.1, 0.15) is 5.82 Å². The fourth-order valence-electron chi connectivity index (χ4n) is 4.24. The topological polar surface area (TPSA) is 52.6 Å². The molecule has 29 heavy (non-hydrogen) atoms. The SMILES string of the molecule is Cc1cccc(NC2CCN(C(=O)O)C(C(C)(C)C)C2)c1Cc1ccc(F)cc1. The monoisotopic (exact) mass is 398 g/mol. The summed E-state index contributed by atoms with van der Waals surface area (Å²) in [6, 6.07) is 13.0. The number of benzene rings is 2. The summed E-state index contributed by atoms with van der Waals surface area (Å²) in [4.78, 5) is 13.3. The first-order valence-corrected chi connectivity index (χ1v) is 10.2. The Labute approximate surface area is 172 Å². The molecule has 1 fully saturated rings. The molecule has 0 aliphatic carbocycles. The molecule has 0 aromatic heterocycles. The lowest BCUT2D eigenvalue weighted by Crippen LogP contribution is -2.54. The van der Waals surface area contributed by atoms with Crippen molar-refractivity contribution < 1.29 is 14.3 Å². The molecule has 3 rings (SSSR count). The number of hydrogen-bond donors (Lipinski definition) is 2. The highest BCUT2D eigenvalue weighted by atomic mass is 19.1. The fraction of sp³-hybridized carbons (Fsp3) is 0.458. The normalized spacial score (nSPS) is 19.8. The quantitative estimate of drug-likeness (QED) is 0.695. The van der Waals surface area contributed by atoms with Crippen LogP contribution in [-0.2, 0) is 6.42 Å². The van der Waals surface area contributed by atoms with Crippen LogP contribution in [0.1, 0.15) is 50.3 Å². The van der Waals surface area contributed by atoms with Crippen LogP contribution in [0.5, 0.6) is 0 Å². The summed E-state index contributed by atoms with van der Waals surface area (Å²) in [7, 11) is 0. The van der Waals surface area contributed by atoms with Crippen molar-refractivity contribution in [3.8, 4) is 0 Å². The number of aryl methyl sites for hydroxylation is 1. The number of hydrogen-bond acceptors (Lipinski definition) is 2. The third-order valence-electron chi connectivity index (χ3n) is 5.91. The minimum absolute atomic E-state index is 0.0309. The number of piperidine rings is 1. The van der Waals surface area contributed by atoms with Gasteiger partial charge in [0.2, 0.25) is 0 Å². The average Bonchev–Trinajstić information content (AvgIpc) is 2.65. The van der Waals surface area contributed by atoms with E-state index in [2.05, 4.69) is 45.1 Å². The molecule has 0 radical (unpaired) electrons. The molecule has 2 N–H and O–H groups in total. The molecule has 1 saturated heterocycles. The molecule has 2 unspecified atom stereocenters. The maximum atomic E-state index is 13.3. The Morgan fingerprint density at radius 1 is 1.21 bits per heavy atom. The van der Waals surface area contributed by atoms with Crippen molar-refractivity contribution in [1.82, 2.24) is 4.90 Å². The summed E-state index contributed by atoms with van der Waals surface area (Å²) in [5.74, 6) is -0.227. The van der Waals surface area contributed by atoms with Crippen LogP contribution in [0, 0.1) is 18.2 Å². The van der Waals surface area contributed by atoms with E-state index in [4.69, 9.17) is 0 Å². The molecule has 1 aliphatic heterocycles. The van der Waals surface area contributed by atoms with Crippen LogP contribution in [0.25, 0.3) is 0 Å². The number of anilines is 1. The van der Waals surface area contributed by atoms with Gasteiger partial charge in [0.05, 0.1) is 0 Å². The van der Waals surface area contributed by atoms with Crippen molar-refractivity contribution in [2.24, 2.45) is 5.41 Å². The molecular formula is C24H31FN2O2. The van der Waals surface area contributed by atoms with Gasteiger partial charge in [0.25, 0.3) is 0 Å². The first-order chi connectivity index (χ1) is 13.6. The lowest BCUT2D eigenvalue weighted by molar-refractivity contribution is 0.0557. The van der Waals surface area contributed by atoms with Crippen molar-refractivity contribution >= 4 is 11.8 Å². The van der Waals surface area contributed by atoms with E-state index < -0.39 is 6.09 Å². The van der Waals surface area contributed by atoms with Gasteiger partial charge in [-0.15, -0.1) is 0 Å². The van der Waals surface area contributed by atoms with E-state index in [1.165, 1.54) is 23.3 Å². The molecule has 2 aromatic carbocycles. The number of nitrogens with one attached hydrogen (secondary N) is 1. The zero-order valence-electron chi connectivity index (χ0n) is 17.7. The highest BCUT2D eigenvalue weighted by Gasteiger charge is 2.38. The molecule has 2 atom stereocenters. The molecule has 5 heteroatoms. The zero-order chi connectivity index (χ0) is 21.2. The second-order valence-electron chi connectivity index (χ2n) is 9.13. The molecule has 0 saturated carbocycles. The van der Waals surface area contributed by atoms with E-state index in [-0.39, 0.29) is 23.3 Å². The number of rotatable bonds is 4. The number of amides is 1. The number of carboxylic acid groups (broad SMARTS) is 1. The molecule has 0 bridgehead atoms. The van der Waals surface area contributed by atoms with Gasteiger partial charge in [-0.05, 0) is 66.5 Å². The lowest BCUT2D eigenvalue weighted by Gasteiger charge is -2.45. The van der Waals surface area contributed by atoms with E-state index in [0.29, 0.717) is 6.54 Å². The van der Waals surface area contributed by atoms with Crippen LogP contribution in [0.4, 0.5) is 14.9 Å². The maximum Gasteiger partial charge on any atom is 0.407 e. The smallest absolute Gasteiger partial charge is 0.407 e. The second kappa shape index (κ2) is 8.44. The Hall–Kier alpha value is -2.56. The van der Waals surface area contributed by atoms with Gasteiger partial charge < -0.3 is 15.3 Å². The first kappa shape index (κ1) is 21.2. The summed E-state index contributed by atoms with van der Waals surface area (Å²) in [6.07, 6.45) is 1.45. The minimum atomic E-state index is -0.837. The van der Waals surface area contributed by atoms with Gasteiger partial charge in [-0.1, -0.05) is 45.0 Å². The predicted octanol–water partition coefficient (Wildman–Crippen LogP) is 5.69. The van der Waals surface area contributed by atoms with Gasteiger partial charge >= 0.3 is 6.09 Å². The van der Waals surface area contributed by atoms with E-state index in [0.717, 1.165) is 30.5 Å². The van der Waals surface area contributed by atoms with Crippen molar-refractivity contribution in [2.75, 3.05) is 11.9 Å². The van der Waals surface area contributed by atoms with E-state index in [1.54, 1.807) is 4.90 Å². The minimum Gasteiger partial charge on any atom is -0.465 e. The number of likely N-dealkylation sites (tertiary alicyclic amines) is 1. The molecule has 1 aliphatic rings. The predicted molar refractivity (Wildman–Crippen MR) is 115 cm³/mol. The van der Waals surface area contributed by atoms with Gasteiger partial charge in [0.15, 0.2) is 0 Å². The van der Waals surface area contributed by atoms with Crippen molar-refractivity contribution in [1.29, 1.82) is 0 Å². The number of halogens is 1. The Bertz CT molecular complexity index is 858. The average molecular weight is 399 g/mol.